The third kappa shape index (κ3) is 6.31. The second-order valence-corrected chi connectivity index (χ2v) is 5.50. The minimum absolute atomic E-state index is 0.0109. The van der Waals surface area contributed by atoms with E-state index in [9.17, 15) is 4.79 Å². The average Bonchev–Trinajstić information content (AvgIpc) is 2.22. The molecule has 1 atom stereocenters. The van der Waals surface area contributed by atoms with Gasteiger partial charge in [-0.3, -0.25) is 4.79 Å². The fourth-order valence-electron chi connectivity index (χ4n) is 1.89. The van der Waals surface area contributed by atoms with E-state index in [-0.39, 0.29) is 5.91 Å². The fraction of sp³-hybridized carbons (Fsp3) is 0.857. The first kappa shape index (κ1) is 16.0. The Kier molecular flexibility index (Phi) is 7.61. The zero-order valence-electron chi connectivity index (χ0n) is 11.9. The van der Waals surface area contributed by atoms with Gasteiger partial charge in [0.2, 0.25) is 5.91 Å². The Morgan fingerprint density at radius 1 is 1.18 bits per heavy atom. The van der Waals surface area contributed by atoms with Crippen LogP contribution in [0.4, 0.5) is 0 Å². The standard InChI is InChI=1S/C14H26N2O/c1-6-7-13(8-15)14(17)16(9-11(2)3)10-12(4)5/h11-13H,6-7,9-10H2,1-5H3. The van der Waals surface area contributed by atoms with E-state index in [0.29, 0.717) is 18.3 Å². The smallest absolute Gasteiger partial charge is 0.239 e. The molecule has 0 aromatic carbocycles. The summed E-state index contributed by atoms with van der Waals surface area (Å²) in [4.78, 5) is 14.1. The maximum absolute atomic E-state index is 12.2. The Labute approximate surface area is 106 Å². The number of amides is 1. The van der Waals surface area contributed by atoms with Crippen LogP contribution in [0.3, 0.4) is 0 Å². The minimum Gasteiger partial charge on any atom is -0.341 e. The molecule has 0 heterocycles. The molecule has 0 saturated heterocycles. The molecule has 0 radical (unpaired) electrons. The van der Waals surface area contributed by atoms with Crippen molar-refractivity contribution in [3.05, 3.63) is 0 Å². The number of carbonyl (C=O) groups is 1. The van der Waals surface area contributed by atoms with Gasteiger partial charge in [-0.15, -0.1) is 0 Å². The van der Waals surface area contributed by atoms with E-state index in [1.54, 1.807) is 0 Å². The summed E-state index contributed by atoms with van der Waals surface area (Å²) in [6, 6.07) is 2.14. The molecule has 0 aromatic heterocycles. The molecule has 0 saturated carbocycles. The molecule has 0 fully saturated rings. The van der Waals surface area contributed by atoms with Crippen molar-refractivity contribution in [3.8, 4) is 6.07 Å². The van der Waals surface area contributed by atoms with Crippen molar-refractivity contribution < 1.29 is 4.79 Å². The third-order valence-electron chi connectivity index (χ3n) is 2.51. The van der Waals surface area contributed by atoms with Crippen LogP contribution in [0, 0.1) is 29.1 Å². The molecule has 1 amide bonds. The second kappa shape index (κ2) is 8.11. The van der Waals surface area contributed by atoms with E-state index in [4.69, 9.17) is 5.26 Å². The summed E-state index contributed by atoms with van der Waals surface area (Å²) in [5.74, 6) is 0.437. The lowest BCUT2D eigenvalue weighted by molar-refractivity contribution is -0.135. The largest absolute Gasteiger partial charge is 0.341 e. The molecule has 3 nitrogen and oxygen atoms in total. The molecular weight excluding hydrogens is 212 g/mol. The van der Waals surface area contributed by atoms with Crippen LogP contribution < -0.4 is 0 Å². The summed E-state index contributed by atoms with van der Waals surface area (Å²) in [5, 5.41) is 9.05. The normalized spacial score (nSPS) is 12.6. The van der Waals surface area contributed by atoms with Crippen LogP contribution in [0.25, 0.3) is 0 Å². The Bertz CT molecular complexity index is 256. The summed E-state index contributed by atoms with van der Waals surface area (Å²) < 4.78 is 0. The summed E-state index contributed by atoms with van der Waals surface area (Å²) in [6.07, 6.45) is 1.54. The highest BCUT2D eigenvalue weighted by molar-refractivity contribution is 5.81. The van der Waals surface area contributed by atoms with Gasteiger partial charge in [-0.25, -0.2) is 0 Å². The first-order valence-corrected chi connectivity index (χ1v) is 6.60. The van der Waals surface area contributed by atoms with Crippen molar-refractivity contribution in [1.29, 1.82) is 5.26 Å². The average molecular weight is 238 g/mol. The first-order valence-electron chi connectivity index (χ1n) is 6.60. The molecule has 0 aliphatic heterocycles. The molecule has 0 aliphatic rings. The molecular formula is C14H26N2O. The molecule has 0 aliphatic carbocycles. The van der Waals surface area contributed by atoms with Crippen molar-refractivity contribution in [2.45, 2.75) is 47.5 Å². The van der Waals surface area contributed by atoms with Crippen LogP contribution in [0.2, 0.25) is 0 Å². The lowest BCUT2D eigenvalue weighted by Gasteiger charge is -2.28. The van der Waals surface area contributed by atoms with Crippen LogP contribution in [0.1, 0.15) is 47.5 Å². The lowest BCUT2D eigenvalue weighted by atomic mass is 10.0. The molecule has 0 bridgehead atoms. The molecule has 0 N–H and O–H groups in total. The highest BCUT2D eigenvalue weighted by atomic mass is 16.2. The number of rotatable bonds is 7. The van der Waals surface area contributed by atoms with Crippen LogP contribution >= 0.6 is 0 Å². The van der Waals surface area contributed by atoms with Crippen molar-refractivity contribution in [2.24, 2.45) is 17.8 Å². The van der Waals surface area contributed by atoms with Crippen molar-refractivity contribution >= 4 is 5.91 Å². The van der Waals surface area contributed by atoms with Crippen molar-refractivity contribution in [2.75, 3.05) is 13.1 Å². The zero-order valence-corrected chi connectivity index (χ0v) is 11.9. The first-order chi connectivity index (χ1) is 7.92. The lowest BCUT2D eigenvalue weighted by Crippen LogP contribution is -2.40. The number of hydrogen-bond acceptors (Lipinski definition) is 2. The van der Waals surface area contributed by atoms with Gasteiger partial charge in [0.15, 0.2) is 0 Å². The predicted octanol–water partition coefficient (Wildman–Crippen LogP) is 3.07. The summed E-state index contributed by atoms with van der Waals surface area (Å²) in [5.41, 5.74) is 0. The van der Waals surface area contributed by atoms with Gasteiger partial charge in [0.05, 0.1) is 6.07 Å². The van der Waals surface area contributed by atoms with E-state index in [2.05, 4.69) is 33.8 Å². The molecule has 0 aromatic rings. The Morgan fingerprint density at radius 3 is 1.94 bits per heavy atom. The zero-order chi connectivity index (χ0) is 13.4. The molecule has 1 unspecified atom stereocenters. The SMILES string of the molecule is CCCC(C#N)C(=O)N(CC(C)C)CC(C)C. The van der Waals surface area contributed by atoms with Crippen molar-refractivity contribution in [1.82, 2.24) is 4.90 Å². The summed E-state index contributed by atoms with van der Waals surface area (Å²) >= 11 is 0. The van der Waals surface area contributed by atoms with E-state index in [1.807, 2.05) is 11.8 Å². The van der Waals surface area contributed by atoms with Gasteiger partial charge >= 0.3 is 0 Å². The van der Waals surface area contributed by atoms with Gasteiger partial charge in [0.1, 0.15) is 5.92 Å². The molecule has 3 heteroatoms. The molecule has 0 spiro atoms. The Balaban J connectivity index is 4.66. The molecule has 0 rings (SSSR count). The Hall–Kier alpha value is -1.04. The summed E-state index contributed by atoms with van der Waals surface area (Å²) in [6.45, 7) is 11.9. The van der Waals surface area contributed by atoms with Crippen LogP contribution in [0.15, 0.2) is 0 Å². The monoisotopic (exact) mass is 238 g/mol. The maximum Gasteiger partial charge on any atom is 0.239 e. The highest BCUT2D eigenvalue weighted by Crippen LogP contribution is 2.13. The van der Waals surface area contributed by atoms with Gasteiger partial charge < -0.3 is 4.90 Å². The maximum atomic E-state index is 12.2. The van der Waals surface area contributed by atoms with Gasteiger partial charge in [0, 0.05) is 13.1 Å². The van der Waals surface area contributed by atoms with Gasteiger partial charge in [0.25, 0.3) is 0 Å². The van der Waals surface area contributed by atoms with Crippen molar-refractivity contribution in [3.63, 3.8) is 0 Å². The van der Waals surface area contributed by atoms with Crippen LogP contribution in [0.5, 0.6) is 0 Å². The number of nitrogens with zero attached hydrogens (tertiary/aromatic N) is 2. The van der Waals surface area contributed by atoms with Crippen LogP contribution in [-0.4, -0.2) is 23.9 Å². The van der Waals surface area contributed by atoms with Gasteiger partial charge in [-0.1, -0.05) is 41.0 Å². The predicted molar refractivity (Wildman–Crippen MR) is 70.3 cm³/mol. The number of carbonyl (C=O) groups excluding carboxylic acids is 1. The summed E-state index contributed by atoms with van der Waals surface area (Å²) in [7, 11) is 0. The second-order valence-electron chi connectivity index (χ2n) is 5.50. The minimum atomic E-state index is -0.461. The Morgan fingerprint density at radius 2 is 1.65 bits per heavy atom. The van der Waals surface area contributed by atoms with E-state index >= 15 is 0 Å². The van der Waals surface area contributed by atoms with E-state index in [0.717, 1.165) is 19.5 Å². The van der Waals surface area contributed by atoms with E-state index < -0.39 is 5.92 Å². The van der Waals surface area contributed by atoms with E-state index in [1.165, 1.54) is 0 Å². The third-order valence-corrected chi connectivity index (χ3v) is 2.51. The van der Waals surface area contributed by atoms with Gasteiger partial charge in [-0.2, -0.15) is 5.26 Å². The molecule has 98 valence electrons. The fourth-order valence-corrected chi connectivity index (χ4v) is 1.89. The number of nitriles is 1. The van der Waals surface area contributed by atoms with Crippen LogP contribution in [-0.2, 0) is 4.79 Å². The molecule has 17 heavy (non-hydrogen) atoms. The highest BCUT2D eigenvalue weighted by Gasteiger charge is 2.24. The number of hydrogen-bond donors (Lipinski definition) is 0. The van der Waals surface area contributed by atoms with Gasteiger partial charge in [-0.05, 0) is 18.3 Å². The topological polar surface area (TPSA) is 44.1 Å². The quantitative estimate of drug-likeness (QED) is 0.684.